The van der Waals surface area contributed by atoms with E-state index in [0.29, 0.717) is 12.1 Å². The summed E-state index contributed by atoms with van der Waals surface area (Å²) >= 11 is 0. The second kappa shape index (κ2) is 6.30. The van der Waals surface area contributed by atoms with E-state index < -0.39 is 17.5 Å². The molecule has 1 aliphatic carbocycles. The Morgan fingerprint density at radius 1 is 1.30 bits per heavy atom. The lowest BCUT2D eigenvalue weighted by atomic mass is 9.87. The number of hydrogen-bond donors (Lipinski definition) is 1. The number of carboxylic acid groups (broad SMARTS) is 1. The summed E-state index contributed by atoms with van der Waals surface area (Å²) in [6, 6.07) is 12.0. The van der Waals surface area contributed by atoms with Gasteiger partial charge in [-0.15, -0.1) is 0 Å². The predicted octanol–water partition coefficient (Wildman–Crippen LogP) is 4.72. The molecule has 2 aromatic carbocycles. The third-order valence-corrected chi connectivity index (χ3v) is 5.11. The lowest BCUT2D eigenvalue weighted by Crippen LogP contribution is -2.25. The van der Waals surface area contributed by atoms with Gasteiger partial charge in [0.15, 0.2) is 0 Å². The molecule has 1 atom stereocenters. The first kappa shape index (κ1) is 17.4. The third kappa shape index (κ3) is 2.91. The van der Waals surface area contributed by atoms with Gasteiger partial charge >= 0.3 is 11.9 Å². The fourth-order valence-corrected chi connectivity index (χ4v) is 3.70. The van der Waals surface area contributed by atoms with E-state index in [1.165, 1.54) is 17.7 Å². The van der Waals surface area contributed by atoms with Crippen LogP contribution in [0.4, 0.5) is 8.78 Å². The lowest BCUT2D eigenvalue weighted by molar-refractivity contribution is -0.166. The van der Waals surface area contributed by atoms with E-state index >= 15 is 0 Å². The van der Waals surface area contributed by atoms with Crippen LogP contribution in [0, 0.1) is 6.92 Å². The SMILES string of the molecule is Cc1nn(CC2CC=Cc3ccccc32)c2cc(C(F)(F)C(=O)O)ccc12. The van der Waals surface area contributed by atoms with Crippen molar-refractivity contribution in [2.24, 2.45) is 0 Å². The minimum absolute atomic E-state index is 0.178. The number of fused-ring (bicyclic) bond motifs is 2. The summed E-state index contributed by atoms with van der Waals surface area (Å²) in [6.07, 6.45) is 5.03. The number of rotatable bonds is 4. The molecule has 1 aromatic heterocycles. The van der Waals surface area contributed by atoms with Crippen molar-refractivity contribution >= 4 is 22.9 Å². The van der Waals surface area contributed by atoms with Gasteiger partial charge in [-0.1, -0.05) is 48.6 Å². The average molecular weight is 368 g/mol. The maximum Gasteiger partial charge on any atom is 0.379 e. The molecule has 0 saturated heterocycles. The smallest absolute Gasteiger partial charge is 0.379 e. The zero-order chi connectivity index (χ0) is 19.2. The molecule has 3 aromatic rings. The van der Waals surface area contributed by atoms with Crippen molar-refractivity contribution in [3.8, 4) is 0 Å². The third-order valence-electron chi connectivity index (χ3n) is 5.11. The summed E-state index contributed by atoms with van der Waals surface area (Å²) in [5.74, 6) is -5.91. The first-order valence-corrected chi connectivity index (χ1v) is 8.72. The summed E-state index contributed by atoms with van der Waals surface area (Å²) in [5, 5.41) is 14.1. The highest BCUT2D eigenvalue weighted by atomic mass is 19.3. The molecule has 0 radical (unpaired) electrons. The summed E-state index contributed by atoms with van der Waals surface area (Å²) in [6.45, 7) is 2.36. The van der Waals surface area contributed by atoms with Gasteiger partial charge in [0.2, 0.25) is 0 Å². The highest BCUT2D eigenvalue weighted by molar-refractivity contribution is 5.85. The number of aliphatic carboxylic acids is 1. The molecular weight excluding hydrogens is 350 g/mol. The predicted molar refractivity (Wildman–Crippen MR) is 98.8 cm³/mol. The molecule has 4 rings (SSSR count). The highest BCUT2D eigenvalue weighted by Crippen LogP contribution is 2.34. The molecule has 1 heterocycles. The Labute approximate surface area is 154 Å². The van der Waals surface area contributed by atoms with Gasteiger partial charge in [0.1, 0.15) is 0 Å². The van der Waals surface area contributed by atoms with E-state index in [1.807, 2.05) is 19.1 Å². The molecule has 0 fully saturated rings. The Morgan fingerprint density at radius 2 is 2.07 bits per heavy atom. The quantitative estimate of drug-likeness (QED) is 0.725. The normalized spacial score (nSPS) is 16.5. The van der Waals surface area contributed by atoms with Gasteiger partial charge in [0.05, 0.1) is 11.2 Å². The van der Waals surface area contributed by atoms with Crippen molar-refractivity contribution in [2.45, 2.75) is 31.7 Å². The Bertz CT molecular complexity index is 1070. The topological polar surface area (TPSA) is 55.1 Å². The van der Waals surface area contributed by atoms with Crippen LogP contribution >= 0.6 is 0 Å². The summed E-state index contributed by atoms with van der Waals surface area (Å²) in [4.78, 5) is 10.9. The first-order valence-electron chi connectivity index (χ1n) is 8.72. The number of allylic oxidation sites excluding steroid dienone is 1. The van der Waals surface area contributed by atoms with Gasteiger partial charge in [-0.2, -0.15) is 13.9 Å². The molecule has 0 spiro atoms. The van der Waals surface area contributed by atoms with Crippen LogP contribution in [-0.2, 0) is 17.3 Å². The molecule has 0 aliphatic heterocycles. The van der Waals surface area contributed by atoms with Gasteiger partial charge in [0, 0.05) is 23.4 Å². The maximum absolute atomic E-state index is 14.0. The van der Waals surface area contributed by atoms with E-state index in [1.54, 1.807) is 4.68 Å². The van der Waals surface area contributed by atoms with Crippen molar-refractivity contribution in [3.05, 3.63) is 70.9 Å². The summed E-state index contributed by atoms with van der Waals surface area (Å²) in [7, 11) is 0. The van der Waals surface area contributed by atoms with E-state index in [4.69, 9.17) is 5.11 Å². The summed E-state index contributed by atoms with van der Waals surface area (Å²) in [5.41, 5.74) is 3.08. The van der Waals surface area contributed by atoms with Crippen molar-refractivity contribution in [1.29, 1.82) is 0 Å². The number of hydrogen-bond acceptors (Lipinski definition) is 2. The molecule has 1 unspecified atom stereocenters. The zero-order valence-electron chi connectivity index (χ0n) is 14.7. The molecule has 0 amide bonds. The molecule has 1 aliphatic rings. The van der Waals surface area contributed by atoms with Crippen LogP contribution in [0.1, 0.15) is 34.7 Å². The van der Waals surface area contributed by atoms with E-state index in [9.17, 15) is 13.6 Å². The first-order chi connectivity index (χ1) is 12.9. The second-order valence-electron chi connectivity index (χ2n) is 6.84. The number of aryl methyl sites for hydroxylation is 1. The van der Waals surface area contributed by atoms with Crippen LogP contribution in [0.15, 0.2) is 48.5 Å². The van der Waals surface area contributed by atoms with Crippen LogP contribution in [0.5, 0.6) is 0 Å². The molecular formula is C21H18F2N2O2. The van der Waals surface area contributed by atoms with Crippen LogP contribution in [0.25, 0.3) is 17.0 Å². The lowest BCUT2D eigenvalue weighted by Gasteiger charge is -2.22. The number of carbonyl (C=O) groups is 1. The van der Waals surface area contributed by atoms with Crippen LogP contribution < -0.4 is 0 Å². The van der Waals surface area contributed by atoms with Crippen molar-refractivity contribution < 1.29 is 18.7 Å². The van der Waals surface area contributed by atoms with Gasteiger partial charge in [-0.05, 0) is 30.5 Å². The van der Waals surface area contributed by atoms with Crippen molar-refractivity contribution in [2.75, 3.05) is 0 Å². The van der Waals surface area contributed by atoms with Crippen LogP contribution in [0.3, 0.4) is 0 Å². The van der Waals surface area contributed by atoms with Crippen molar-refractivity contribution in [3.63, 3.8) is 0 Å². The Hall–Kier alpha value is -3.02. The molecule has 4 nitrogen and oxygen atoms in total. The Kier molecular flexibility index (Phi) is 4.06. The number of carboxylic acids is 1. The van der Waals surface area contributed by atoms with E-state index in [2.05, 4.69) is 29.4 Å². The van der Waals surface area contributed by atoms with Crippen LogP contribution in [0.2, 0.25) is 0 Å². The van der Waals surface area contributed by atoms with Gasteiger partial charge < -0.3 is 5.11 Å². The minimum Gasteiger partial charge on any atom is -0.477 e. The standard InChI is InChI=1S/C21H18F2N2O2/c1-13-17-10-9-16(21(22,23)20(26)27)11-19(17)25(24-13)12-15-7-4-6-14-5-2-3-8-18(14)15/h2-6,8-11,15H,7,12H2,1H3,(H,26,27). The van der Waals surface area contributed by atoms with Gasteiger partial charge in [0.25, 0.3) is 0 Å². The van der Waals surface area contributed by atoms with Crippen LogP contribution in [-0.4, -0.2) is 20.9 Å². The number of aromatic nitrogens is 2. The molecule has 6 heteroatoms. The summed E-state index contributed by atoms with van der Waals surface area (Å²) < 4.78 is 29.6. The fourth-order valence-electron chi connectivity index (χ4n) is 3.70. The monoisotopic (exact) mass is 368 g/mol. The van der Waals surface area contributed by atoms with Crippen molar-refractivity contribution in [1.82, 2.24) is 9.78 Å². The largest absolute Gasteiger partial charge is 0.477 e. The Balaban J connectivity index is 1.76. The number of halogens is 2. The molecule has 138 valence electrons. The maximum atomic E-state index is 14.0. The Morgan fingerprint density at radius 3 is 2.85 bits per heavy atom. The number of nitrogens with zero attached hydrogens (tertiary/aromatic N) is 2. The highest BCUT2D eigenvalue weighted by Gasteiger charge is 2.41. The van der Waals surface area contributed by atoms with E-state index in [-0.39, 0.29) is 5.92 Å². The minimum atomic E-state index is -3.93. The second-order valence-corrected chi connectivity index (χ2v) is 6.84. The molecule has 27 heavy (non-hydrogen) atoms. The zero-order valence-corrected chi connectivity index (χ0v) is 14.7. The molecule has 0 saturated carbocycles. The van der Waals surface area contributed by atoms with Gasteiger partial charge in [-0.25, -0.2) is 4.79 Å². The molecule has 0 bridgehead atoms. The van der Waals surface area contributed by atoms with E-state index in [0.717, 1.165) is 29.1 Å². The molecule has 1 N–H and O–H groups in total. The average Bonchev–Trinajstić information content (AvgIpc) is 2.97. The number of alkyl halides is 2. The van der Waals surface area contributed by atoms with Gasteiger partial charge in [-0.3, -0.25) is 4.68 Å². The number of benzene rings is 2. The fraction of sp³-hybridized carbons (Fsp3) is 0.238.